The number of anilines is 1. The molecule has 0 amide bonds. The van der Waals surface area contributed by atoms with Gasteiger partial charge in [0.15, 0.2) is 0 Å². The minimum absolute atomic E-state index is 0.00113. The maximum Gasteiger partial charge on any atom is 0.353 e. The SMILES string of the molecule is C[Si]1(C)OC[C@H]2S[C@H](n3cnc(N)nc3=O)C[C@@H]2O[Si](C)(C)O1. The first-order valence-electron chi connectivity index (χ1n) is 7.53. The van der Waals surface area contributed by atoms with E-state index in [1.807, 2.05) is 26.2 Å². The number of fused-ring (bicyclic) bond motifs is 1. The Labute approximate surface area is 141 Å². The molecular weight excluding hydrogens is 352 g/mol. The van der Waals surface area contributed by atoms with Gasteiger partial charge in [-0.2, -0.15) is 4.98 Å². The second-order valence-corrected chi connectivity index (χ2v) is 15.0. The highest BCUT2D eigenvalue weighted by molar-refractivity contribution is 8.00. The molecule has 8 nitrogen and oxygen atoms in total. The molecule has 23 heavy (non-hydrogen) atoms. The normalized spacial score (nSPS) is 32.8. The van der Waals surface area contributed by atoms with Crippen molar-refractivity contribution in [3.8, 4) is 0 Å². The fourth-order valence-electron chi connectivity index (χ4n) is 2.99. The van der Waals surface area contributed by atoms with Crippen LogP contribution in [0.1, 0.15) is 11.8 Å². The van der Waals surface area contributed by atoms with E-state index in [-0.39, 0.29) is 28.4 Å². The summed E-state index contributed by atoms with van der Waals surface area (Å²) < 4.78 is 20.1. The number of rotatable bonds is 1. The Bertz CT molecular complexity index is 656. The third-order valence-electron chi connectivity index (χ3n) is 3.76. The Morgan fingerprint density at radius 1 is 1.35 bits per heavy atom. The van der Waals surface area contributed by atoms with E-state index in [4.69, 9.17) is 18.7 Å². The van der Waals surface area contributed by atoms with Crippen molar-refractivity contribution in [2.75, 3.05) is 12.3 Å². The predicted molar refractivity (Wildman–Crippen MR) is 92.6 cm³/mol. The third-order valence-corrected chi connectivity index (χ3v) is 10.9. The summed E-state index contributed by atoms with van der Waals surface area (Å²) in [6.45, 7) is 8.75. The average Bonchev–Trinajstić information content (AvgIpc) is 2.75. The molecule has 3 heterocycles. The molecule has 128 valence electrons. The van der Waals surface area contributed by atoms with Gasteiger partial charge in [0.2, 0.25) is 5.95 Å². The summed E-state index contributed by atoms with van der Waals surface area (Å²) in [5.41, 5.74) is 5.07. The maximum atomic E-state index is 12.0. The van der Waals surface area contributed by atoms with E-state index in [2.05, 4.69) is 9.97 Å². The Balaban J connectivity index is 1.82. The second-order valence-electron chi connectivity index (χ2n) is 6.64. The molecule has 1 aromatic heterocycles. The molecule has 0 bridgehead atoms. The van der Waals surface area contributed by atoms with E-state index < -0.39 is 17.1 Å². The summed E-state index contributed by atoms with van der Waals surface area (Å²) in [5, 5.41) is 0.0984. The molecule has 2 fully saturated rings. The first-order chi connectivity index (χ1) is 10.7. The van der Waals surface area contributed by atoms with Gasteiger partial charge in [-0.15, -0.1) is 11.8 Å². The first kappa shape index (κ1) is 17.1. The van der Waals surface area contributed by atoms with E-state index in [0.717, 1.165) is 0 Å². The van der Waals surface area contributed by atoms with Gasteiger partial charge in [-0.25, -0.2) is 9.78 Å². The van der Waals surface area contributed by atoms with Crippen molar-refractivity contribution < 1.29 is 13.0 Å². The van der Waals surface area contributed by atoms with Gasteiger partial charge in [0.25, 0.3) is 0 Å². The van der Waals surface area contributed by atoms with Crippen LogP contribution in [-0.4, -0.2) is 49.6 Å². The number of aromatic nitrogens is 3. The largest absolute Gasteiger partial charge is 0.415 e. The van der Waals surface area contributed by atoms with Gasteiger partial charge in [-0.1, -0.05) is 0 Å². The van der Waals surface area contributed by atoms with Crippen LogP contribution < -0.4 is 11.4 Å². The molecule has 0 unspecified atom stereocenters. The minimum atomic E-state index is -2.26. The van der Waals surface area contributed by atoms with Crippen molar-refractivity contribution in [2.45, 2.75) is 49.3 Å². The van der Waals surface area contributed by atoms with E-state index in [0.29, 0.717) is 13.0 Å². The Kier molecular flexibility index (Phi) is 4.44. The molecule has 3 rings (SSSR count). The van der Waals surface area contributed by atoms with Crippen molar-refractivity contribution >= 4 is 34.8 Å². The number of hydrogen-bond donors (Lipinski definition) is 1. The van der Waals surface area contributed by atoms with Crippen LogP contribution >= 0.6 is 11.8 Å². The van der Waals surface area contributed by atoms with Crippen molar-refractivity contribution in [3.05, 3.63) is 16.8 Å². The number of thioether (sulfide) groups is 1. The van der Waals surface area contributed by atoms with Gasteiger partial charge in [0.05, 0.1) is 23.3 Å². The molecule has 3 atom stereocenters. The zero-order chi connectivity index (χ0) is 16.8. The molecule has 2 aliphatic rings. The number of nitrogens with zero attached hydrogens (tertiary/aromatic N) is 3. The smallest absolute Gasteiger partial charge is 0.353 e. The van der Waals surface area contributed by atoms with Crippen molar-refractivity contribution in [2.24, 2.45) is 0 Å². The quantitative estimate of drug-likeness (QED) is 0.728. The Morgan fingerprint density at radius 2 is 2.09 bits per heavy atom. The van der Waals surface area contributed by atoms with E-state index in [1.165, 1.54) is 10.9 Å². The van der Waals surface area contributed by atoms with E-state index >= 15 is 0 Å². The van der Waals surface area contributed by atoms with Gasteiger partial charge in [0, 0.05) is 6.42 Å². The summed E-state index contributed by atoms with van der Waals surface area (Å²) in [6.07, 6.45) is 2.16. The Morgan fingerprint density at radius 3 is 2.78 bits per heavy atom. The van der Waals surface area contributed by atoms with Crippen LogP contribution in [0.25, 0.3) is 0 Å². The minimum Gasteiger partial charge on any atom is -0.415 e. The summed E-state index contributed by atoms with van der Waals surface area (Å²) in [7, 11) is -4.44. The fourth-order valence-corrected chi connectivity index (χ4v) is 11.4. The van der Waals surface area contributed by atoms with E-state index in [9.17, 15) is 4.79 Å². The van der Waals surface area contributed by atoms with Gasteiger partial charge >= 0.3 is 22.8 Å². The lowest BCUT2D eigenvalue weighted by Crippen LogP contribution is -2.54. The van der Waals surface area contributed by atoms with Crippen LogP contribution in [0.4, 0.5) is 5.95 Å². The lowest BCUT2D eigenvalue weighted by Gasteiger charge is -2.39. The van der Waals surface area contributed by atoms with Gasteiger partial charge in [-0.05, 0) is 26.2 Å². The highest BCUT2D eigenvalue weighted by atomic mass is 32.2. The molecule has 0 saturated carbocycles. The second kappa shape index (κ2) is 5.97. The van der Waals surface area contributed by atoms with Crippen LogP contribution in [0.15, 0.2) is 11.1 Å². The lowest BCUT2D eigenvalue weighted by molar-refractivity contribution is 0.0928. The average molecular weight is 375 g/mol. The zero-order valence-corrected chi connectivity index (χ0v) is 16.5. The number of nitrogen functional groups attached to an aromatic ring is 1. The maximum absolute atomic E-state index is 12.0. The van der Waals surface area contributed by atoms with Crippen LogP contribution in [0.3, 0.4) is 0 Å². The molecule has 1 aromatic rings. The standard InChI is InChI=1S/C12H22N4O4SSi2/c1-22(2)18-6-9-8(19-23(3,4)20-22)5-10(21-9)16-7-14-11(13)15-12(16)17/h7-10H,5-6H2,1-4H3,(H2,13,15,17)/t8-,9+,10-/m0/s1. The van der Waals surface area contributed by atoms with Gasteiger partial charge in [0.1, 0.15) is 6.33 Å². The molecule has 0 aliphatic carbocycles. The monoisotopic (exact) mass is 374 g/mol. The zero-order valence-electron chi connectivity index (χ0n) is 13.7. The summed E-state index contributed by atoms with van der Waals surface area (Å²) >= 11 is 1.67. The van der Waals surface area contributed by atoms with Crippen molar-refractivity contribution in [1.29, 1.82) is 0 Å². The lowest BCUT2D eigenvalue weighted by atomic mass is 10.2. The summed E-state index contributed by atoms with van der Waals surface area (Å²) in [4.78, 5) is 19.7. The molecule has 2 N–H and O–H groups in total. The van der Waals surface area contributed by atoms with Crippen molar-refractivity contribution in [3.63, 3.8) is 0 Å². The van der Waals surface area contributed by atoms with Crippen molar-refractivity contribution in [1.82, 2.24) is 14.5 Å². The summed E-state index contributed by atoms with van der Waals surface area (Å²) in [6, 6.07) is 0. The molecule has 0 spiro atoms. The van der Waals surface area contributed by atoms with Crippen LogP contribution in [0.2, 0.25) is 26.2 Å². The molecule has 0 aromatic carbocycles. The first-order valence-corrected chi connectivity index (χ1v) is 14.1. The highest BCUT2D eigenvalue weighted by Gasteiger charge is 2.47. The van der Waals surface area contributed by atoms with Crippen LogP contribution in [0.5, 0.6) is 0 Å². The van der Waals surface area contributed by atoms with Gasteiger partial charge in [-0.3, -0.25) is 4.57 Å². The Hall–Kier alpha value is -0.726. The summed E-state index contributed by atoms with van der Waals surface area (Å²) in [5.74, 6) is -0.00506. The fraction of sp³-hybridized carbons (Fsp3) is 0.750. The number of nitrogens with two attached hydrogens (primary N) is 1. The third kappa shape index (κ3) is 3.86. The molecule has 11 heteroatoms. The molecule has 0 radical (unpaired) electrons. The highest BCUT2D eigenvalue weighted by Crippen LogP contribution is 2.44. The molecule has 2 saturated heterocycles. The number of hydrogen-bond acceptors (Lipinski definition) is 8. The van der Waals surface area contributed by atoms with Crippen LogP contribution in [0, 0.1) is 0 Å². The predicted octanol–water partition coefficient (Wildman–Crippen LogP) is 1.06. The van der Waals surface area contributed by atoms with E-state index in [1.54, 1.807) is 11.8 Å². The van der Waals surface area contributed by atoms with Crippen LogP contribution in [-0.2, 0) is 13.0 Å². The molecule has 2 aliphatic heterocycles. The van der Waals surface area contributed by atoms with Gasteiger partial charge < -0.3 is 18.7 Å². The molecular formula is C12H22N4O4SSi2. The topological polar surface area (TPSA) is 101 Å².